The molecule has 3 aromatic heterocycles. The molecule has 0 N–H and O–H groups in total. The molecule has 0 saturated heterocycles. The summed E-state index contributed by atoms with van der Waals surface area (Å²) < 4.78 is 13.3. The van der Waals surface area contributed by atoms with Crippen molar-refractivity contribution in [3.8, 4) is 56.4 Å². The lowest BCUT2D eigenvalue weighted by molar-refractivity contribution is 0.672. The standard InChI is InChI=1S/C51H27N3O2/c1-3-15-32-29(11-1)25-40(45-37-17-5-7-21-42(37)55-47(32)45)50-52-49(31-23-24-34-35-19-9-13-28-14-10-20-36(44(28)35)39(34)27-31)53-51(54-50)41-26-30-12-2-4-16-33(30)48-46(41)38-18-6-8-22-43(38)56-48/h1-27H. The molecule has 1 aliphatic rings. The molecule has 0 spiro atoms. The van der Waals surface area contributed by atoms with Crippen LogP contribution in [0.25, 0.3) is 133 Å². The van der Waals surface area contributed by atoms with Crippen LogP contribution in [0.1, 0.15) is 0 Å². The van der Waals surface area contributed by atoms with Gasteiger partial charge in [-0.25, -0.2) is 15.0 Å². The molecule has 0 amide bonds. The zero-order valence-electron chi connectivity index (χ0n) is 29.7. The highest BCUT2D eigenvalue weighted by molar-refractivity contribution is 6.22. The van der Waals surface area contributed by atoms with Crippen LogP contribution in [0.3, 0.4) is 0 Å². The predicted octanol–water partition coefficient (Wildman–Crippen LogP) is 13.8. The summed E-state index contributed by atoms with van der Waals surface area (Å²) in [5.74, 6) is 1.75. The molecule has 1 aliphatic carbocycles. The number of aromatic nitrogens is 3. The number of para-hydroxylation sites is 2. The normalized spacial score (nSPS) is 12.3. The summed E-state index contributed by atoms with van der Waals surface area (Å²) >= 11 is 0. The third-order valence-corrected chi connectivity index (χ3v) is 11.6. The van der Waals surface area contributed by atoms with E-state index < -0.39 is 0 Å². The molecular formula is C51H27N3O2. The Morgan fingerprint density at radius 2 is 0.786 bits per heavy atom. The molecule has 13 rings (SSSR count). The molecule has 5 nitrogen and oxygen atoms in total. The van der Waals surface area contributed by atoms with Gasteiger partial charge in [-0.2, -0.15) is 0 Å². The molecule has 0 bridgehead atoms. The van der Waals surface area contributed by atoms with Crippen molar-refractivity contribution >= 4 is 76.2 Å². The van der Waals surface area contributed by atoms with Crippen molar-refractivity contribution in [2.45, 2.75) is 0 Å². The van der Waals surface area contributed by atoms with E-state index in [1.807, 2.05) is 24.3 Å². The van der Waals surface area contributed by atoms with Crippen molar-refractivity contribution in [2.75, 3.05) is 0 Å². The zero-order valence-corrected chi connectivity index (χ0v) is 29.7. The lowest BCUT2D eigenvalue weighted by Gasteiger charge is -2.13. The van der Waals surface area contributed by atoms with Crippen molar-refractivity contribution in [3.63, 3.8) is 0 Å². The van der Waals surface area contributed by atoms with Crippen LogP contribution in [-0.4, -0.2) is 15.0 Å². The van der Waals surface area contributed by atoms with Crippen molar-refractivity contribution in [3.05, 3.63) is 164 Å². The highest BCUT2D eigenvalue weighted by Crippen LogP contribution is 2.49. The summed E-state index contributed by atoms with van der Waals surface area (Å²) in [6.45, 7) is 0. The maximum Gasteiger partial charge on any atom is 0.164 e. The highest BCUT2D eigenvalue weighted by atomic mass is 16.3. The van der Waals surface area contributed by atoms with Gasteiger partial charge in [-0.15, -0.1) is 0 Å². The SMILES string of the molecule is c1cc2c3c(cccc3c1)-c1cc(-c3nc(-c4cc5ccccc5c5oc6ccccc6c45)nc(-c4cc5ccccc5c5oc6ccccc6c45)n3)ccc1-2. The number of benzene rings is 9. The topological polar surface area (TPSA) is 65.0 Å². The lowest BCUT2D eigenvalue weighted by Crippen LogP contribution is -2.01. The Balaban J connectivity index is 1.15. The minimum atomic E-state index is 0.576. The largest absolute Gasteiger partial charge is 0.455 e. The van der Waals surface area contributed by atoms with E-state index in [-0.39, 0.29) is 0 Å². The minimum Gasteiger partial charge on any atom is -0.455 e. The number of furan rings is 2. The second-order valence-corrected chi connectivity index (χ2v) is 14.7. The predicted molar refractivity (Wildman–Crippen MR) is 228 cm³/mol. The monoisotopic (exact) mass is 713 g/mol. The van der Waals surface area contributed by atoms with Gasteiger partial charge in [-0.1, -0.05) is 133 Å². The van der Waals surface area contributed by atoms with Gasteiger partial charge in [-0.05, 0) is 74.1 Å². The average Bonchev–Trinajstić information content (AvgIpc) is 3.95. The molecule has 56 heavy (non-hydrogen) atoms. The Kier molecular flexibility index (Phi) is 5.83. The van der Waals surface area contributed by atoms with E-state index in [2.05, 4.69) is 140 Å². The van der Waals surface area contributed by atoms with Crippen LogP contribution >= 0.6 is 0 Å². The molecule has 0 fully saturated rings. The Morgan fingerprint density at radius 1 is 0.304 bits per heavy atom. The van der Waals surface area contributed by atoms with Gasteiger partial charge in [0, 0.05) is 49.0 Å². The molecule has 258 valence electrons. The zero-order chi connectivity index (χ0) is 36.5. The van der Waals surface area contributed by atoms with Crippen LogP contribution in [0.2, 0.25) is 0 Å². The van der Waals surface area contributed by atoms with Crippen molar-refractivity contribution in [1.82, 2.24) is 15.0 Å². The third-order valence-electron chi connectivity index (χ3n) is 11.6. The number of fused-ring (bicyclic) bond motifs is 13. The first-order chi connectivity index (χ1) is 27.7. The van der Waals surface area contributed by atoms with Crippen LogP contribution in [-0.2, 0) is 0 Å². The van der Waals surface area contributed by atoms with Gasteiger partial charge < -0.3 is 8.83 Å². The van der Waals surface area contributed by atoms with Crippen LogP contribution in [0, 0.1) is 0 Å². The van der Waals surface area contributed by atoms with Gasteiger partial charge in [0.05, 0.1) is 0 Å². The van der Waals surface area contributed by atoms with E-state index in [4.69, 9.17) is 23.8 Å². The second kappa shape index (κ2) is 11.0. The Morgan fingerprint density at radius 3 is 1.38 bits per heavy atom. The smallest absolute Gasteiger partial charge is 0.164 e. The first-order valence-electron chi connectivity index (χ1n) is 18.8. The van der Waals surface area contributed by atoms with E-state index >= 15 is 0 Å². The Hall–Kier alpha value is -7.63. The van der Waals surface area contributed by atoms with E-state index in [9.17, 15) is 0 Å². The molecule has 0 radical (unpaired) electrons. The first-order valence-corrected chi connectivity index (χ1v) is 18.8. The maximum absolute atomic E-state index is 6.63. The van der Waals surface area contributed by atoms with E-state index in [0.717, 1.165) is 82.1 Å². The molecule has 3 heterocycles. The third kappa shape index (κ3) is 4.06. The summed E-state index contributed by atoms with van der Waals surface area (Å²) in [5.41, 5.74) is 10.9. The van der Waals surface area contributed by atoms with Crippen molar-refractivity contribution < 1.29 is 8.83 Å². The van der Waals surface area contributed by atoms with Gasteiger partial charge in [-0.3, -0.25) is 0 Å². The number of nitrogens with zero attached hydrogens (tertiary/aromatic N) is 3. The Bertz CT molecular complexity index is 3490. The Labute approximate surface area is 319 Å². The van der Waals surface area contributed by atoms with Crippen LogP contribution in [0.15, 0.2) is 173 Å². The van der Waals surface area contributed by atoms with Crippen LogP contribution in [0.5, 0.6) is 0 Å². The first kappa shape index (κ1) is 29.8. The molecule has 0 atom stereocenters. The molecule has 0 saturated carbocycles. The van der Waals surface area contributed by atoms with Crippen LogP contribution in [0.4, 0.5) is 0 Å². The number of hydrogen-bond donors (Lipinski definition) is 0. The van der Waals surface area contributed by atoms with Gasteiger partial charge in [0.15, 0.2) is 17.5 Å². The summed E-state index contributed by atoms with van der Waals surface area (Å²) in [6, 6.07) is 57.3. The summed E-state index contributed by atoms with van der Waals surface area (Å²) in [7, 11) is 0. The summed E-state index contributed by atoms with van der Waals surface area (Å²) in [5, 5.41) is 10.7. The second-order valence-electron chi connectivity index (χ2n) is 14.7. The average molecular weight is 714 g/mol. The fourth-order valence-electron chi connectivity index (χ4n) is 9.15. The van der Waals surface area contributed by atoms with Gasteiger partial charge in [0.2, 0.25) is 0 Å². The fourth-order valence-corrected chi connectivity index (χ4v) is 9.15. The van der Waals surface area contributed by atoms with Crippen LogP contribution < -0.4 is 0 Å². The minimum absolute atomic E-state index is 0.576. The molecule has 0 aliphatic heterocycles. The van der Waals surface area contributed by atoms with Gasteiger partial charge >= 0.3 is 0 Å². The molecule has 0 unspecified atom stereocenters. The quantitative estimate of drug-likeness (QED) is 0.182. The number of hydrogen-bond acceptors (Lipinski definition) is 5. The van der Waals surface area contributed by atoms with Gasteiger partial charge in [0.1, 0.15) is 22.3 Å². The molecule has 9 aromatic carbocycles. The summed E-state index contributed by atoms with van der Waals surface area (Å²) in [4.78, 5) is 16.2. The lowest BCUT2D eigenvalue weighted by atomic mass is 9.98. The maximum atomic E-state index is 6.63. The fraction of sp³-hybridized carbons (Fsp3) is 0. The van der Waals surface area contributed by atoms with Crippen molar-refractivity contribution in [1.29, 1.82) is 0 Å². The molecule has 12 aromatic rings. The van der Waals surface area contributed by atoms with Crippen molar-refractivity contribution in [2.24, 2.45) is 0 Å². The van der Waals surface area contributed by atoms with E-state index in [0.29, 0.717) is 17.5 Å². The van der Waals surface area contributed by atoms with E-state index in [1.54, 1.807) is 0 Å². The number of rotatable bonds is 3. The molecule has 5 heteroatoms. The van der Waals surface area contributed by atoms with Gasteiger partial charge in [0.25, 0.3) is 0 Å². The molecular weight excluding hydrogens is 687 g/mol. The highest BCUT2D eigenvalue weighted by Gasteiger charge is 2.25. The van der Waals surface area contributed by atoms with E-state index in [1.165, 1.54) is 33.0 Å². The summed E-state index contributed by atoms with van der Waals surface area (Å²) in [6.07, 6.45) is 0.